The van der Waals surface area contributed by atoms with E-state index in [1.807, 2.05) is 0 Å². The molecule has 4 rings (SSSR count). The van der Waals surface area contributed by atoms with Gasteiger partial charge in [-0.2, -0.15) is 10.1 Å². The number of amides is 2. The Kier molecular flexibility index (Phi) is 10.8. The second-order valence-electron chi connectivity index (χ2n) is 16.4. The van der Waals surface area contributed by atoms with E-state index in [2.05, 4.69) is 76.1 Å². The number of hydrogen-bond donors (Lipinski definition) is 2. The van der Waals surface area contributed by atoms with Crippen LogP contribution in [0.15, 0.2) is 0 Å². The lowest BCUT2D eigenvalue weighted by molar-refractivity contribution is -0.310. The average Bonchev–Trinajstić information content (AvgIpc) is 2.87. The molecule has 4 aliphatic rings. The molecule has 42 heavy (non-hydrogen) atoms. The lowest BCUT2D eigenvalue weighted by Gasteiger charge is -2.55. The second-order valence-corrected chi connectivity index (χ2v) is 16.4. The van der Waals surface area contributed by atoms with Crippen LogP contribution in [-0.4, -0.2) is 68.4 Å². The first-order valence-electron chi connectivity index (χ1n) is 17.1. The van der Waals surface area contributed by atoms with Gasteiger partial charge in [0, 0.05) is 47.1 Å². The minimum absolute atomic E-state index is 0.0419. The van der Waals surface area contributed by atoms with E-state index in [1.165, 1.54) is 38.5 Å². The first kappa shape index (κ1) is 33.7. The first-order chi connectivity index (χ1) is 19.6. The topological polar surface area (TPSA) is 83.1 Å². The molecule has 0 radical (unpaired) electrons. The first-order valence-corrected chi connectivity index (χ1v) is 17.1. The molecule has 2 heterocycles. The van der Waals surface area contributed by atoms with Gasteiger partial charge in [0.2, 0.25) is 11.8 Å². The summed E-state index contributed by atoms with van der Waals surface area (Å²) in [4.78, 5) is 39.2. The summed E-state index contributed by atoms with van der Waals surface area (Å²) in [5, 5.41) is 11.0. The van der Waals surface area contributed by atoms with Gasteiger partial charge in [-0.05, 0) is 107 Å². The summed E-state index contributed by atoms with van der Waals surface area (Å²) in [6.07, 6.45) is 16.5. The van der Waals surface area contributed by atoms with Gasteiger partial charge in [-0.1, -0.05) is 38.5 Å². The molecule has 2 aliphatic heterocycles. The van der Waals surface area contributed by atoms with Crippen molar-refractivity contribution in [3.63, 3.8) is 0 Å². The average molecular weight is 591 g/mol. The molecule has 2 N–H and O–H groups in total. The normalized spacial score (nSPS) is 27.9. The molecule has 8 heteroatoms. The zero-order chi connectivity index (χ0) is 30.8. The van der Waals surface area contributed by atoms with Gasteiger partial charge in [0.1, 0.15) is 0 Å². The lowest BCUT2D eigenvalue weighted by atomic mass is 9.78. The summed E-state index contributed by atoms with van der Waals surface area (Å²) in [7, 11) is 0. The van der Waals surface area contributed by atoms with E-state index < -0.39 is 0 Å². The predicted octanol–water partition coefficient (Wildman–Crippen LogP) is 6.57. The van der Waals surface area contributed by atoms with E-state index in [0.29, 0.717) is 12.2 Å². The molecule has 2 amide bonds. The zero-order valence-electron chi connectivity index (χ0n) is 28.2. The van der Waals surface area contributed by atoms with Crippen molar-refractivity contribution >= 4 is 11.8 Å². The highest BCUT2D eigenvalue weighted by atomic mass is 16.7. The number of nitrogens with zero attached hydrogens (tertiary/aromatic N) is 2. The summed E-state index contributed by atoms with van der Waals surface area (Å²) >= 11 is 0. The third-order valence-electron chi connectivity index (χ3n) is 10.1. The largest absolute Gasteiger partial charge is 0.353 e. The van der Waals surface area contributed by atoms with Gasteiger partial charge >= 0.3 is 0 Å². The van der Waals surface area contributed by atoms with Crippen LogP contribution < -0.4 is 10.6 Å². The Bertz CT molecular complexity index is 811. The minimum Gasteiger partial charge on any atom is -0.353 e. The SMILES string of the molecule is CC1(C)CC(NC(=O)CCC(=O)NC2CC(C)(C)N(OC3CCCCC3)C(C)(C)C2)CC(C)(C)N1OC1CCCCC1. The maximum Gasteiger partial charge on any atom is 0.220 e. The van der Waals surface area contributed by atoms with Gasteiger partial charge < -0.3 is 10.6 Å². The van der Waals surface area contributed by atoms with Crippen LogP contribution in [0.4, 0.5) is 0 Å². The van der Waals surface area contributed by atoms with Gasteiger partial charge in [0.15, 0.2) is 0 Å². The fraction of sp³-hybridized carbons (Fsp3) is 0.941. The van der Waals surface area contributed by atoms with Gasteiger partial charge in [-0.25, -0.2) is 0 Å². The number of rotatable bonds is 9. The summed E-state index contributed by atoms with van der Waals surface area (Å²) < 4.78 is 0. The van der Waals surface area contributed by atoms with Crippen LogP contribution in [0.1, 0.15) is 158 Å². The monoisotopic (exact) mass is 590 g/mol. The van der Waals surface area contributed by atoms with Crippen molar-refractivity contribution in [2.75, 3.05) is 0 Å². The van der Waals surface area contributed by atoms with E-state index in [4.69, 9.17) is 9.68 Å². The molecule has 2 aliphatic carbocycles. The highest BCUT2D eigenvalue weighted by molar-refractivity contribution is 5.84. The molecule has 4 fully saturated rings. The number of carbonyl (C=O) groups excluding carboxylic acids is 2. The predicted molar refractivity (Wildman–Crippen MR) is 167 cm³/mol. The molecular formula is C34H62N4O4. The molecule has 0 unspecified atom stereocenters. The Balaban J connectivity index is 1.23. The summed E-state index contributed by atoms with van der Waals surface area (Å²) in [6, 6.07) is 0.124. The van der Waals surface area contributed by atoms with Crippen molar-refractivity contribution in [3.8, 4) is 0 Å². The molecule has 2 saturated heterocycles. The van der Waals surface area contributed by atoms with Crippen LogP contribution in [0, 0.1) is 0 Å². The van der Waals surface area contributed by atoms with Crippen LogP contribution in [0.3, 0.4) is 0 Å². The van der Waals surface area contributed by atoms with Crippen LogP contribution >= 0.6 is 0 Å². The Morgan fingerprint density at radius 2 is 0.833 bits per heavy atom. The molecule has 0 aromatic heterocycles. The minimum atomic E-state index is -0.191. The van der Waals surface area contributed by atoms with Gasteiger partial charge in [0.25, 0.3) is 0 Å². The Labute approximate surface area is 256 Å². The molecule has 0 aromatic carbocycles. The quantitative estimate of drug-likeness (QED) is 0.316. The van der Waals surface area contributed by atoms with E-state index in [-0.39, 0.29) is 58.9 Å². The lowest BCUT2D eigenvalue weighted by Crippen LogP contribution is -2.65. The van der Waals surface area contributed by atoms with Gasteiger partial charge in [-0.15, -0.1) is 0 Å². The van der Waals surface area contributed by atoms with Gasteiger partial charge in [0.05, 0.1) is 12.2 Å². The van der Waals surface area contributed by atoms with Crippen molar-refractivity contribution < 1.29 is 19.3 Å². The van der Waals surface area contributed by atoms with Crippen LogP contribution in [-0.2, 0) is 19.3 Å². The number of nitrogens with one attached hydrogen (secondary N) is 2. The highest BCUT2D eigenvalue weighted by Gasteiger charge is 2.49. The fourth-order valence-electron chi connectivity index (χ4n) is 8.77. The number of carbonyl (C=O) groups is 2. The Morgan fingerprint density at radius 1 is 0.548 bits per heavy atom. The maximum absolute atomic E-state index is 13.0. The maximum atomic E-state index is 13.0. The smallest absolute Gasteiger partial charge is 0.220 e. The van der Waals surface area contributed by atoms with Crippen LogP contribution in [0.5, 0.6) is 0 Å². The summed E-state index contributed by atoms with van der Waals surface area (Å²) in [6.45, 7) is 17.8. The molecule has 242 valence electrons. The fourth-order valence-corrected chi connectivity index (χ4v) is 8.77. The Morgan fingerprint density at radius 3 is 1.12 bits per heavy atom. The molecular weight excluding hydrogens is 528 g/mol. The number of hydroxylamine groups is 4. The molecule has 0 aromatic rings. The van der Waals surface area contributed by atoms with Crippen molar-refractivity contribution in [1.29, 1.82) is 0 Å². The second kappa shape index (κ2) is 13.4. The molecule has 8 nitrogen and oxygen atoms in total. The Hall–Kier alpha value is -1.22. The van der Waals surface area contributed by atoms with Crippen LogP contribution in [0.2, 0.25) is 0 Å². The van der Waals surface area contributed by atoms with Crippen molar-refractivity contribution in [2.45, 2.75) is 205 Å². The standard InChI is InChI=1S/C34H62N4O4/c1-31(2)21-25(22-32(3,4)37(31)41-27-15-11-9-12-16-27)35-29(39)19-20-30(40)36-26-23-33(5,6)38(34(7,8)24-26)42-28-17-13-10-14-18-28/h25-28H,9-24H2,1-8H3,(H,35,39)(H,36,40). The highest BCUT2D eigenvalue weighted by Crippen LogP contribution is 2.42. The van der Waals surface area contributed by atoms with Crippen LogP contribution in [0.25, 0.3) is 0 Å². The van der Waals surface area contributed by atoms with E-state index >= 15 is 0 Å². The molecule has 0 atom stereocenters. The van der Waals surface area contributed by atoms with E-state index in [0.717, 1.165) is 51.4 Å². The molecule has 0 spiro atoms. The third-order valence-corrected chi connectivity index (χ3v) is 10.1. The van der Waals surface area contributed by atoms with Gasteiger partial charge in [-0.3, -0.25) is 19.3 Å². The summed E-state index contributed by atoms with van der Waals surface area (Å²) in [5.74, 6) is -0.0838. The molecule has 0 bridgehead atoms. The van der Waals surface area contributed by atoms with E-state index in [1.54, 1.807) is 0 Å². The van der Waals surface area contributed by atoms with Crippen molar-refractivity contribution in [1.82, 2.24) is 20.8 Å². The van der Waals surface area contributed by atoms with Crippen molar-refractivity contribution in [3.05, 3.63) is 0 Å². The number of hydrogen-bond acceptors (Lipinski definition) is 6. The third kappa shape index (κ3) is 8.70. The van der Waals surface area contributed by atoms with Crippen molar-refractivity contribution in [2.24, 2.45) is 0 Å². The zero-order valence-corrected chi connectivity index (χ0v) is 28.2. The molecule has 2 saturated carbocycles. The van der Waals surface area contributed by atoms with E-state index in [9.17, 15) is 9.59 Å². The summed E-state index contributed by atoms with van der Waals surface area (Å²) in [5.41, 5.74) is -0.763. The number of piperidine rings is 2.